The molecular formula is C15H22N2O3. The van der Waals surface area contributed by atoms with Crippen molar-refractivity contribution in [3.63, 3.8) is 0 Å². The molecular weight excluding hydrogens is 256 g/mol. The first-order valence-electron chi connectivity index (χ1n) is 7.11. The first-order chi connectivity index (χ1) is 9.65. The van der Waals surface area contributed by atoms with Crippen LogP contribution in [0.25, 0.3) is 0 Å². The number of nitrogens with one attached hydrogen (secondary N) is 1. The molecule has 1 aliphatic rings. The van der Waals surface area contributed by atoms with E-state index in [-0.39, 0.29) is 18.6 Å². The zero-order valence-electron chi connectivity index (χ0n) is 11.5. The van der Waals surface area contributed by atoms with E-state index in [1.165, 1.54) is 0 Å². The van der Waals surface area contributed by atoms with Crippen molar-refractivity contribution < 1.29 is 14.6 Å². The SMILES string of the molecule is Nc1ccc(OCC(=O)NC2CCCCCC2O)cc1. The zero-order valence-corrected chi connectivity index (χ0v) is 11.5. The van der Waals surface area contributed by atoms with Gasteiger partial charge in [0.1, 0.15) is 5.75 Å². The number of aliphatic hydroxyl groups excluding tert-OH is 1. The molecule has 1 aliphatic carbocycles. The second-order valence-electron chi connectivity index (χ2n) is 5.24. The van der Waals surface area contributed by atoms with Gasteiger partial charge in [-0.3, -0.25) is 4.79 Å². The molecule has 1 saturated carbocycles. The van der Waals surface area contributed by atoms with E-state index in [9.17, 15) is 9.90 Å². The summed E-state index contributed by atoms with van der Waals surface area (Å²) in [4.78, 5) is 11.8. The Morgan fingerprint density at radius 2 is 1.95 bits per heavy atom. The number of carbonyl (C=O) groups is 1. The molecule has 0 spiro atoms. The predicted octanol–water partition coefficient (Wildman–Crippen LogP) is 1.46. The number of aliphatic hydroxyl groups is 1. The van der Waals surface area contributed by atoms with Crippen LogP contribution in [-0.4, -0.2) is 29.8 Å². The van der Waals surface area contributed by atoms with Gasteiger partial charge in [0.05, 0.1) is 12.1 Å². The molecule has 2 atom stereocenters. The Kier molecular flexibility index (Phi) is 5.24. The number of hydrogen-bond donors (Lipinski definition) is 3. The summed E-state index contributed by atoms with van der Waals surface area (Å²) in [6.45, 7) is -0.0485. The molecule has 0 radical (unpaired) electrons. The Hall–Kier alpha value is -1.75. The van der Waals surface area contributed by atoms with Crippen LogP contribution in [0.3, 0.4) is 0 Å². The maximum Gasteiger partial charge on any atom is 0.258 e. The third kappa shape index (κ3) is 4.42. The highest BCUT2D eigenvalue weighted by atomic mass is 16.5. The number of hydrogen-bond acceptors (Lipinski definition) is 4. The monoisotopic (exact) mass is 278 g/mol. The number of ether oxygens (including phenoxy) is 1. The normalized spacial score (nSPS) is 22.9. The minimum atomic E-state index is -0.446. The summed E-state index contributed by atoms with van der Waals surface area (Å²) >= 11 is 0. The molecule has 2 unspecified atom stereocenters. The largest absolute Gasteiger partial charge is 0.484 e. The molecule has 0 heterocycles. The maximum atomic E-state index is 11.8. The maximum absolute atomic E-state index is 11.8. The summed E-state index contributed by atoms with van der Waals surface area (Å²) in [5.41, 5.74) is 6.23. The van der Waals surface area contributed by atoms with Gasteiger partial charge in [-0.15, -0.1) is 0 Å². The Bertz CT molecular complexity index is 433. The molecule has 0 saturated heterocycles. The van der Waals surface area contributed by atoms with Crippen molar-refractivity contribution in [2.24, 2.45) is 0 Å². The van der Waals surface area contributed by atoms with E-state index < -0.39 is 6.10 Å². The molecule has 4 N–H and O–H groups in total. The van der Waals surface area contributed by atoms with Gasteiger partial charge in [-0.2, -0.15) is 0 Å². The van der Waals surface area contributed by atoms with Crippen LogP contribution in [0.5, 0.6) is 5.75 Å². The van der Waals surface area contributed by atoms with Crippen molar-refractivity contribution in [2.75, 3.05) is 12.3 Å². The van der Waals surface area contributed by atoms with Crippen LogP contribution >= 0.6 is 0 Å². The summed E-state index contributed by atoms with van der Waals surface area (Å²) in [5.74, 6) is 0.406. The molecule has 110 valence electrons. The second-order valence-corrected chi connectivity index (χ2v) is 5.24. The predicted molar refractivity (Wildman–Crippen MR) is 77.4 cm³/mol. The molecule has 0 bridgehead atoms. The lowest BCUT2D eigenvalue weighted by Crippen LogP contribution is -2.44. The minimum absolute atomic E-state index is 0.0485. The molecule has 1 amide bonds. The summed E-state index contributed by atoms with van der Waals surface area (Å²) in [7, 11) is 0. The lowest BCUT2D eigenvalue weighted by atomic mass is 10.1. The molecule has 0 aliphatic heterocycles. The van der Waals surface area contributed by atoms with Crippen molar-refractivity contribution in [3.05, 3.63) is 24.3 Å². The van der Waals surface area contributed by atoms with E-state index in [4.69, 9.17) is 10.5 Å². The van der Waals surface area contributed by atoms with Crippen LogP contribution < -0.4 is 15.8 Å². The number of nitrogens with two attached hydrogens (primary N) is 1. The molecule has 1 fully saturated rings. The third-order valence-corrected chi connectivity index (χ3v) is 3.58. The summed E-state index contributed by atoms with van der Waals surface area (Å²) in [5, 5.41) is 12.8. The standard InChI is InChI=1S/C15H22N2O3/c16-11-6-8-12(9-7-11)20-10-15(19)17-13-4-2-1-3-5-14(13)18/h6-9,13-14,18H,1-5,10,16H2,(H,17,19). The minimum Gasteiger partial charge on any atom is -0.484 e. The average molecular weight is 278 g/mol. The molecule has 20 heavy (non-hydrogen) atoms. The number of amides is 1. The first kappa shape index (κ1) is 14.7. The van der Waals surface area contributed by atoms with Gasteiger partial charge in [-0.1, -0.05) is 19.3 Å². The molecule has 2 rings (SSSR count). The van der Waals surface area contributed by atoms with Crippen molar-refractivity contribution in [3.8, 4) is 5.75 Å². The fourth-order valence-corrected chi connectivity index (χ4v) is 2.42. The third-order valence-electron chi connectivity index (χ3n) is 3.58. The van der Waals surface area contributed by atoms with Gasteiger partial charge in [0.2, 0.25) is 0 Å². The Morgan fingerprint density at radius 1 is 1.25 bits per heavy atom. The van der Waals surface area contributed by atoms with E-state index in [0.29, 0.717) is 11.4 Å². The number of rotatable bonds is 4. The molecule has 5 nitrogen and oxygen atoms in total. The van der Waals surface area contributed by atoms with Gasteiger partial charge >= 0.3 is 0 Å². The molecule has 1 aromatic rings. The van der Waals surface area contributed by atoms with Gasteiger partial charge < -0.3 is 20.9 Å². The number of anilines is 1. The van der Waals surface area contributed by atoms with E-state index in [2.05, 4.69) is 5.32 Å². The van der Waals surface area contributed by atoms with Crippen LogP contribution in [-0.2, 0) is 4.79 Å². The summed E-state index contributed by atoms with van der Waals surface area (Å²) < 4.78 is 5.38. The molecule has 0 aromatic heterocycles. The van der Waals surface area contributed by atoms with Gasteiger partial charge in [0.25, 0.3) is 5.91 Å². The van der Waals surface area contributed by atoms with Crippen LogP contribution in [0.2, 0.25) is 0 Å². The van der Waals surface area contributed by atoms with Crippen molar-refractivity contribution in [1.29, 1.82) is 0 Å². The highest BCUT2D eigenvalue weighted by molar-refractivity contribution is 5.77. The van der Waals surface area contributed by atoms with Gasteiger partial charge in [0, 0.05) is 5.69 Å². The average Bonchev–Trinajstić information content (AvgIpc) is 2.64. The smallest absolute Gasteiger partial charge is 0.258 e. The van der Waals surface area contributed by atoms with E-state index in [0.717, 1.165) is 32.1 Å². The summed E-state index contributed by atoms with van der Waals surface area (Å²) in [6.07, 6.45) is 4.32. The Balaban J connectivity index is 1.78. The van der Waals surface area contributed by atoms with Crippen LogP contribution in [0, 0.1) is 0 Å². The van der Waals surface area contributed by atoms with Gasteiger partial charge in [-0.25, -0.2) is 0 Å². The fourth-order valence-electron chi connectivity index (χ4n) is 2.42. The lowest BCUT2D eigenvalue weighted by molar-refractivity contribution is -0.124. The van der Waals surface area contributed by atoms with Crippen LogP contribution in [0.1, 0.15) is 32.1 Å². The number of nitrogen functional groups attached to an aromatic ring is 1. The summed E-state index contributed by atoms with van der Waals surface area (Å²) in [6, 6.07) is 6.75. The highest BCUT2D eigenvalue weighted by Gasteiger charge is 2.23. The highest BCUT2D eigenvalue weighted by Crippen LogP contribution is 2.18. The van der Waals surface area contributed by atoms with E-state index >= 15 is 0 Å². The molecule has 5 heteroatoms. The van der Waals surface area contributed by atoms with E-state index in [1.54, 1.807) is 24.3 Å². The zero-order chi connectivity index (χ0) is 14.4. The quantitative estimate of drug-likeness (QED) is 0.575. The Morgan fingerprint density at radius 3 is 2.70 bits per heavy atom. The molecule has 1 aromatic carbocycles. The lowest BCUT2D eigenvalue weighted by Gasteiger charge is -2.21. The van der Waals surface area contributed by atoms with Crippen LogP contribution in [0.4, 0.5) is 5.69 Å². The second kappa shape index (κ2) is 7.14. The fraction of sp³-hybridized carbons (Fsp3) is 0.533. The van der Waals surface area contributed by atoms with Crippen molar-refractivity contribution in [1.82, 2.24) is 5.32 Å². The number of benzene rings is 1. The topological polar surface area (TPSA) is 84.6 Å². The van der Waals surface area contributed by atoms with Crippen molar-refractivity contribution in [2.45, 2.75) is 44.2 Å². The van der Waals surface area contributed by atoms with E-state index in [1.807, 2.05) is 0 Å². The first-order valence-corrected chi connectivity index (χ1v) is 7.11. The van der Waals surface area contributed by atoms with Crippen molar-refractivity contribution >= 4 is 11.6 Å². The Labute approximate surface area is 119 Å². The van der Waals surface area contributed by atoms with Gasteiger partial charge in [0.15, 0.2) is 6.61 Å². The van der Waals surface area contributed by atoms with Crippen LogP contribution in [0.15, 0.2) is 24.3 Å². The van der Waals surface area contributed by atoms with Gasteiger partial charge in [-0.05, 0) is 37.1 Å². The number of carbonyl (C=O) groups excluding carboxylic acids is 1.